The molecule has 0 saturated carbocycles. The van der Waals surface area contributed by atoms with Gasteiger partial charge in [-0.15, -0.1) is 0 Å². The van der Waals surface area contributed by atoms with E-state index in [1.807, 2.05) is 31.2 Å². The molecule has 84 valence electrons. The zero-order valence-corrected chi connectivity index (χ0v) is 9.83. The molecule has 0 aliphatic carbocycles. The van der Waals surface area contributed by atoms with E-state index >= 15 is 0 Å². The molecule has 1 heterocycles. The van der Waals surface area contributed by atoms with Crippen molar-refractivity contribution in [2.75, 3.05) is 11.9 Å². The molecule has 2 aromatic rings. The first-order valence-electron chi connectivity index (χ1n) is 5.22. The predicted octanol–water partition coefficient (Wildman–Crippen LogP) is 2.65. The number of halogens is 1. The van der Waals surface area contributed by atoms with Crippen LogP contribution in [0.2, 0.25) is 5.02 Å². The number of nitrogens with two attached hydrogens (primary N) is 1. The number of hydrogen-bond acceptors (Lipinski definition) is 3. The molecule has 1 unspecified atom stereocenters. The first-order chi connectivity index (χ1) is 7.72. The third kappa shape index (κ3) is 2.10. The van der Waals surface area contributed by atoms with Gasteiger partial charge in [0.25, 0.3) is 0 Å². The van der Waals surface area contributed by atoms with E-state index < -0.39 is 0 Å². The van der Waals surface area contributed by atoms with E-state index in [-0.39, 0.29) is 6.04 Å². The van der Waals surface area contributed by atoms with Crippen LogP contribution in [-0.2, 0) is 0 Å². The molecule has 0 radical (unpaired) electrons. The molecule has 0 fully saturated rings. The minimum Gasteiger partial charge on any atom is -0.381 e. The van der Waals surface area contributed by atoms with Crippen molar-refractivity contribution in [2.24, 2.45) is 5.73 Å². The molecule has 4 heteroatoms. The fourth-order valence-electron chi connectivity index (χ4n) is 1.59. The number of pyridine rings is 1. The summed E-state index contributed by atoms with van der Waals surface area (Å²) in [4.78, 5) is 4.27. The van der Waals surface area contributed by atoms with Crippen LogP contribution in [-0.4, -0.2) is 17.6 Å². The Labute approximate surface area is 99.6 Å². The van der Waals surface area contributed by atoms with Crippen molar-refractivity contribution in [2.45, 2.75) is 13.0 Å². The van der Waals surface area contributed by atoms with Crippen LogP contribution in [0.3, 0.4) is 0 Å². The first-order valence-corrected chi connectivity index (χ1v) is 5.60. The Kier molecular flexibility index (Phi) is 3.27. The van der Waals surface area contributed by atoms with Crippen LogP contribution in [0.5, 0.6) is 0 Å². The van der Waals surface area contributed by atoms with E-state index in [9.17, 15) is 0 Å². The minimum absolute atomic E-state index is 0.226. The van der Waals surface area contributed by atoms with Gasteiger partial charge < -0.3 is 11.1 Å². The molecule has 16 heavy (non-hydrogen) atoms. The SMILES string of the molecule is CC(CN)Nc1ccc(Cl)c2ncccc12. The molecule has 0 aliphatic heterocycles. The Hall–Kier alpha value is -1.32. The van der Waals surface area contributed by atoms with Crippen molar-refractivity contribution in [3.8, 4) is 0 Å². The van der Waals surface area contributed by atoms with Gasteiger partial charge in [-0.2, -0.15) is 0 Å². The Morgan fingerprint density at radius 3 is 3.00 bits per heavy atom. The van der Waals surface area contributed by atoms with Gasteiger partial charge in [0.2, 0.25) is 0 Å². The highest BCUT2D eigenvalue weighted by Gasteiger charge is 2.06. The second-order valence-electron chi connectivity index (χ2n) is 3.78. The summed E-state index contributed by atoms with van der Waals surface area (Å²) in [5.74, 6) is 0. The van der Waals surface area contributed by atoms with Gasteiger partial charge in [0.15, 0.2) is 0 Å². The highest BCUT2D eigenvalue weighted by molar-refractivity contribution is 6.35. The monoisotopic (exact) mass is 235 g/mol. The molecular weight excluding hydrogens is 222 g/mol. The zero-order valence-electron chi connectivity index (χ0n) is 9.07. The van der Waals surface area contributed by atoms with Gasteiger partial charge in [0.1, 0.15) is 0 Å². The molecule has 0 spiro atoms. The average Bonchev–Trinajstić information content (AvgIpc) is 2.33. The van der Waals surface area contributed by atoms with Crippen molar-refractivity contribution >= 4 is 28.2 Å². The van der Waals surface area contributed by atoms with Crippen molar-refractivity contribution < 1.29 is 0 Å². The van der Waals surface area contributed by atoms with E-state index in [1.54, 1.807) is 6.20 Å². The molecular formula is C12H14ClN3. The molecule has 1 aromatic heterocycles. The maximum Gasteiger partial charge on any atom is 0.0908 e. The summed E-state index contributed by atoms with van der Waals surface area (Å²) in [6.07, 6.45) is 1.74. The number of fused-ring (bicyclic) bond motifs is 1. The van der Waals surface area contributed by atoms with Crippen molar-refractivity contribution in [3.63, 3.8) is 0 Å². The summed E-state index contributed by atoms with van der Waals surface area (Å²) in [5, 5.41) is 5.03. The molecule has 3 N–H and O–H groups in total. The third-order valence-electron chi connectivity index (χ3n) is 2.48. The lowest BCUT2D eigenvalue weighted by atomic mass is 10.1. The summed E-state index contributed by atoms with van der Waals surface area (Å²) in [6.45, 7) is 2.63. The van der Waals surface area contributed by atoms with Gasteiger partial charge in [-0.05, 0) is 31.2 Å². The Bertz CT molecular complexity index is 499. The number of nitrogens with one attached hydrogen (secondary N) is 1. The molecule has 0 saturated heterocycles. The van der Waals surface area contributed by atoms with Crippen LogP contribution in [0.15, 0.2) is 30.5 Å². The van der Waals surface area contributed by atoms with E-state index in [1.165, 1.54) is 0 Å². The molecule has 0 bridgehead atoms. The number of benzene rings is 1. The van der Waals surface area contributed by atoms with Crippen LogP contribution >= 0.6 is 11.6 Å². The second-order valence-corrected chi connectivity index (χ2v) is 4.18. The number of nitrogens with zero attached hydrogens (tertiary/aromatic N) is 1. The second kappa shape index (κ2) is 4.68. The van der Waals surface area contributed by atoms with Crippen molar-refractivity contribution in [3.05, 3.63) is 35.5 Å². The van der Waals surface area contributed by atoms with Crippen LogP contribution in [0.25, 0.3) is 10.9 Å². The summed E-state index contributed by atoms with van der Waals surface area (Å²) >= 11 is 6.08. The first kappa shape index (κ1) is 11.2. The number of aromatic nitrogens is 1. The van der Waals surface area contributed by atoms with E-state index in [0.29, 0.717) is 11.6 Å². The Balaban J connectivity index is 2.50. The Morgan fingerprint density at radius 2 is 2.25 bits per heavy atom. The summed E-state index contributed by atoms with van der Waals surface area (Å²) in [5.41, 5.74) is 7.43. The van der Waals surface area contributed by atoms with Crippen LogP contribution in [0.4, 0.5) is 5.69 Å². The highest BCUT2D eigenvalue weighted by atomic mass is 35.5. The maximum atomic E-state index is 6.08. The zero-order chi connectivity index (χ0) is 11.5. The third-order valence-corrected chi connectivity index (χ3v) is 2.78. The molecule has 0 amide bonds. The predicted molar refractivity (Wildman–Crippen MR) is 68.9 cm³/mol. The summed E-state index contributed by atoms with van der Waals surface area (Å²) in [7, 11) is 0. The maximum absolute atomic E-state index is 6.08. The lowest BCUT2D eigenvalue weighted by molar-refractivity contribution is 0.805. The van der Waals surface area contributed by atoms with E-state index in [4.69, 9.17) is 17.3 Å². The lowest BCUT2D eigenvalue weighted by Gasteiger charge is -2.15. The van der Waals surface area contributed by atoms with Crippen molar-refractivity contribution in [1.29, 1.82) is 0 Å². The molecule has 3 nitrogen and oxygen atoms in total. The van der Waals surface area contributed by atoms with E-state index in [2.05, 4.69) is 10.3 Å². The number of rotatable bonds is 3. The van der Waals surface area contributed by atoms with Crippen molar-refractivity contribution in [1.82, 2.24) is 4.98 Å². The molecule has 1 atom stereocenters. The van der Waals surface area contributed by atoms with Gasteiger partial charge in [0, 0.05) is 29.9 Å². The standard InChI is InChI=1S/C12H14ClN3/c1-8(7-14)16-11-5-4-10(13)12-9(11)3-2-6-15-12/h2-6,8,16H,7,14H2,1H3. The minimum atomic E-state index is 0.226. The molecule has 1 aromatic carbocycles. The normalized spacial score (nSPS) is 12.7. The van der Waals surface area contributed by atoms with Gasteiger partial charge in [-0.25, -0.2) is 0 Å². The average molecular weight is 236 g/mol. The number of anilines is 1. The topological polar surface area (TPSA) is 50.9 Å². The highest BCUT2D eigenvalue weighted by Crippen LogP contribution is 2.28. The summed E-state index contributed by atoms with van der Waals surface area (Å²) in [6, 6.07) is 7.93. The van der Waals surface area contributed by atoms with Gasteiger partial charge in [-0.1, -0.05) is 11.6 Å². The quantitative estimate of drug-likeness (QED) is 0.860. The van der Waals surface area contributed by atoms with Crippen LogP contribution in [0.1, 0.15) is 6.92 Å². The molecule has 0 aliphatic rings. The van der Waals surface area contributed by atoms with Crippen LogP contribution < -0.4 is 11.1 Å². The fourth-order valence-corrected chi connectivity index (χ4v) is 1.80. The summed E-state index contributed by atoms with van der Waals surface area (Å²) < 4.78 is 0. The fraction of sp³-hybridized carbons (Fsp3) is 0.250. The van der Waals surface area contributed by atoms with Gasteiger partial charge >= 0.3 is 0 Å². The number of hydrogen-bond donors (Lipinski definition) is 2. The van der Waals surface area contributed by atoms with Gasteiger partial charge in [0.05, 0.1) is 10.5 Å². The van der Waals surface area contributed by atoms with Gasteiger partial charge in [-0.3, -0.25) is 4.98 Å². The largest absolute Gasteiger partial charge is 0.381 e. The smallest absolute Gasteiger partial charge is 0.0908 e. The van der Waals surface area contributed by atoms with E-state index in [0.717, 1.165) is 16.6 Å². The molecule has 2 rings (SSSR count). The lowest BCUT2D eigenvalue weighted by Crippen LogP contribution is -2.25. The van der Waals surface area contributed by atoms with Crippen LogP contribution in [0, 0.1) is 0 Å². The Morgan fingerprint density at radius 1 is 1.44 bits per heavy atom.